The number of thiazole rings is 1. The number of thioether (sulfide) groups is 1. The van der Waals surface area contributed by atoms with E-state index in [2.05, 4.69) is 26.6 Å². The second kappa shape index (κ2) is 9.28. The zero-order valence-electron chi connectivity index (χ0n) is 14.9. The second-order valence-corrected chi connectivity index (χ2v) is 9.69. The van der Waals surface area contributed by atoms with Gasteiger partial charge < -0.3 is 5.32 Å². The average molecular weight is 456 g/mol. The summed E-state index contributed by atoms with van der Waals surface area (Å²) in [6.07, 6.45) is 0.202. The summed E-state index contributed by atoms with van der Waals surface area (Å²) in [6, 6.07) is 11.6. The largest absolute Gasteiger partial charge is 0.300 e. The molecule has 6 nitrogen and oxygen atoms in total. The minimum absolute atomic E-state index is 0.160. The van der Waals surface area contributed by atoms with Gasteiger partial charge in [-0.05, 0) is 29.1 Å². The van der Waals surface area contributed by atoms with Crippen LogP contribution in [0.25, 0.3) is 10.6 Å². The zero-order valence-corrected chi connectivity index (χ0v) is 18.1. The lowest BCUT2D eigenvalue weighted by Gasteiger charge is -1.99. The third kappa shape index (κ3) is 5.27. The van der Waals surface area contributed by atoms with Crippen molar-refractivity contribution in [3.8, 4) is 16.6 Å². The number of aromatic nitrogens is 3. The Hall–Kier alpha value is -2.58. The van der Waals surface area contributed by atoms with Gasteiger partial charge in [0, 0.05) is 22.1 Å². The maximum Gasteiger partial charge on any atom is 0.232 e. The lowest BCUT2D eigenvalue weighted by atomic mass is 10.2. The highest BCUT2D eigenvalue weighted by molar-refractivity contribution is 8.00. The van der Waals surface area contributed by atoms with Crippen molar-refractivity contribution in [3.05, 3.63) is 63.3 Å². The summed E-state index contributed by atoms with van der Waals surface area (Å²) in [4.78, 5) is 16.8. The van der Waals surface area contributed by atoms with Crippen LogP contribution in [-0.4, -0.2) is 21.1 Å². The fourth-order valence-electron chi connectivity index (χ4n) is 2.37. The normalized spacial score (nSPS) is 10.6. The lowest BCUT2D eigenvalue weighted by Crippen LogP contribution is -2.14. The average Bonchev–Trinajstić information content (AvgIpc) is 3.48. The molecule has 0 spiro atoms. The quantitative estimate of drug-likeness (QED) is 0.309. The molecular formula is C19H13N5OS4. The SMILES string of the molecule is N#Cc1ccc(CSc2nnc(NC(=O)Cc3csc(-c4ccsc4)n3)s2)cc1. The van der Waals surface area contributed by atoms with Gasteiger partial charge in [-0.25, -0.2) is 4.98 Å². The van der Waals surface area contributed by atoms with Crippen molar-refractivity contribution in [1.82, 2.24) is 15.2 Å². The van der Waals surface area contributed by atoms with E-state index in [1.165, 1.54) is 22.7 Å². The highest BCUT2D eigenvalue weighted by Gasteiger charge is 2.12. The Labute approximate surface area is 183 Å². The van der Waals surface area contributed by atoms with Crippen molar-refractivity contribution < 1.29 is 4.79 Å². The molecule has 1 N–H and O–H groups in total. The fourth-order valence-corrected chi connectivity index (χ4v) is 5.63. The molecule has 0 saturated heterocycles. The number of carbonyl (C=O) groups excluding carboxylic acids is 1. The monoisotopic (exact) mass is 455 g/mol. The molecule has 0 aliphatic rings. The molecule has 0 fully saturated rings. The molecule has 0 aliphatic heterocycles. The van der Waals surface area contributed by atoms with E-state index in [1.807, 2.05) is 34.3 Å². The number of nitrogens with zero attached hydrogens (tertiary/aromatic N) is 4. The van der Waals surface area contributed by atoms with Crippen LogP contribution in [0.5, 0.6) is 0 Å². The van der Waals surface area contributed by atoms with Crippen LogP contribution in [0.2, 0.25) is 0 Å². The Balaban J connectivity index is 1.29. The van der Waals surface area contributed by atoms with E-state index in [4.69, 9.17) is 5.26 Å². The number of hydrogen-bond donors (Lipinski definition) is 1. The predicted octanol–water partition coefficient (Wildman–Crippen LogP) is 5.07. The maximum absolute atomic E-state index is 12.3. The summed E-state index contributed by atoms with van der Waals surface area (Å²) >= 11 is 6.04. The molecule has 1 aromatic carbocycles. The molecule has 0 radical (unpaired) electrons. The van der Waals surface area contributed by atoms with Gasteiger partial charge in [-0.2, -0.15) is 16.6 Å². The first-order valence-corrected chi connectivity index (χ1v) is 12.0. The first-order chi connectivity index (χ1) is 14.2. The van der Waals surface area contributed by atoms with Gasteiger partial charge in [-0.3, -0.25) is 4.79 Å². The molecule has 29 heavy (non-hydrogen) atoms. The van der Waals surface area contributed by atoms with Crippen LogP contribution in [0.1, 0.15) is 16.8 Å². The van der Waals surface area contributed by atoms with Gasteiger partial charge in [0.25, 0.3) is 0 Å². The summed E-state index contributed by atoms with van der Waals surface area (Å²) in [5.41, 5.74) is 3.57. The molecule has 0 bridgehead atoms. The van der Waals surface area contributed by atoms with Gasteiger partial charge in [-0.15, -0.1) is 21.5 Å². The summed E-state index contributed by atoms with van der Waals surface area (Å²) in [7, 11) is 0. The molecule has 0 atom stereocenters. The number of anilines is 1. The Kier molecular flexibility index (Phi) is 6.31. The van der Waals surface area contributed by atoms with Crippen LogP contribution < -0.4 is 5.32 Å². The molecule has 4 aromatic rings. The Morgan fingerprint density at radius 3 is 2.79 bits per heavy atom. The zero-order chi connectivity index (χ0) is 20.1. The summed E-state index contributed by atoms with van der Waals surface area (Å²) in [6.45, 7) is 0. The standard InChI is InChI=1S/C19H13N5OS4/c20-8-12-1-3-13(4-2-12)9-28-19-24-23-18(29-19)22-16(25)7-15-11-27-17(21-15)14-5-6-26-10-14/h1-6,10-11H,7,9H2,(H,22,23,25). The molecule has 4 rings (SSSR count). The maximum atomic E-state index is 12.3. The molecule has 3 heterocycles. The van der Waals surface area contributed by atoms with Crippen LogP contribution in [0.15, 0.2) is 50.8 Å². The minimum Gasteiger partial charge on any atom is -0.300 e. The number of carbonyl (C=O) groups is 1. The van der Waals surface area contributed by atoms with Gasteiger partial charge in [0.1, 0.15) is 5.01 Å². The molecule has 0 unspecified atom stereocenters. The first-order valence-electron chi connectivity index (χ1n) is 8.42. The molecule has 10 heteroatoms. The Morgan fingerprint density at radius 2 is 2.03 bits per heavy atom. The second-order valence-electron chi connectivity index (χ2n) is 5.85. The van der Waals surface area contributed by atoms with Crippen molar-refractivity contribution in [2.24, 2.45) is 0 Å². The van der Waals surface area contributed by atoms with Gasteiger partial charge in [0.2, 0.25) is 11.0 Å². The van der Waals surface area contributed by atoms with Crippen LogP contribution >= 0.6 is 45.8 Å². The minimum atomic E-state index is -0.160. The Bertz CT molecular complexity index is 1140. The first kappa shape index (κ1) is 19.7. The number of hydrogen-bond acceptors (Lipinski definition) is 9. The molecule has 144 valence electrons. The van der Waals surface area contributed by atoms with E-state index in [-0.39, 0.29) is 12.3 Å². The number of thiophene rings is 1. The number of benzene rings is 1. The molecular weight excluding hydrogens is 443 g/mol. The van der Waals surface area contributed by atoms with Crippen LogP contribution in [0.4, 0.5) is 5.13 Å². The van der Waals surface area contributed by atoms with Crippen molar-refractivity contribution in [1.29, 1.82) is 5.26 Å². The van der Waals surface area contributed by atoms with E-state index in [1.54, 1.807) is 35.2 Å². The van der Waals surface area contributed by atoms with Crippen LogP contribution in [-0.2, 0) is 17.0 Å². The van der Waals surface area contributed by atoms with Gasteiger partial charge in [0.15, 0.2) is 4.34 Å². The number of nitrogens with one attached hydrogen (secondary N) is 1. The molecule has 1 amide bonds. The smallest absolute Gasteiger partial charge is 0.232 e. The predicted molar refractivity (Wildman–Crippen MR) is 118 cm³/mol. The van der Waals surface area contributed by atoms with Gasteiger partial charge >= 0.3 is 0 Å². The third-order valence-corrected chi connectivity index (χ3v) is 7.43. The van der Waals surface area contributed by atoms with E-state index in [0.29, 0.717) is 10.7 Å². The summed E-state index contributed by atoms with van der Waals surface area (Å²) in [5.74, 6) is 0.560. The van der Waals surface area contributed by atoms with E-state index in [9.17, 15) is 4.79 Å². The number of rotatable bonds is 7. The topological polar surface area (TPSA) is 91.6 Å². The molecule has 3 aromatic heterocycles. The van der Waals surface area contributed by atoms with E-state index in [0.717, 1.165) is 31.9 Å². The number of nitriles is 1. The summed E-state index contributed by atoms with van der Waals surface area (Å²) < 4.78 is 0.776. The fraction of sp³-hybridized carbons (Fsp3) is 0.105. The lowest BCUT2D eigenvalue weighted by molar-refractivity contribution is -0.115. The van der Waals surface area contributed by atoms with Crippen molar-refractivity contribution in [3.63, 3.8) is 0 Å². The van der Waals surface area contributed by atoms with Crippen LogP contribution in [0, 0.1) is 11.3 Å². The van der Waals surface area contributed by atoms with E-state index < -0.39 is 0 Å². The van der Waals surface area contributed by atoms with Crippen molar-refractivity contribution in [2.75, 3.05) is 5.32 Å². The van der Waals surface area contributed by atoms with Crippen LogP contribution in [0.3, 0.4) is 0 Å². The Morgan fingerprint density at radius 1 is 1.17 bits per heavy atom. The van der Waals surface area contributed by atoms with Crippen molar-refractivity contribution in [2.45, 2.75) is 16.5 Å². The molecule has 0 aliphatic carbocycles. The van der Waals surface area contributed by atoms with E-state index >= 15 is 0 Å². The summed E-state index contributed by atoms with van der Waals surface area (Å²) in [5, 5.41) is 27.1. The van der Waals surface area contributed by atoms with Gasteiger partial charge in [-0.1, -0.05) is 35.2 Å². The van der Waals surface area contributed by atoms with Gasteiger partial charge in [0.05, 0.1) is 23.7 Å². The molecule has 0 saturated carbocycles. The third-order valence-electron chi connectivity index (χ3n) is 3.76. The highest BCUT2D eigenvalue weighted by Crippen LogP contribution is 2.29. The highest BCUT2D eigenvalue weighted by atomic mass is 32.2. The number of amides is 1. The van der Waals surface area contributed by atoms with Crippen molar-refractivity contribution >= 4 is 56.8 Å².